The lowest BCUT2D eigenvalue weighted by Gasteiger charge is -2.16. The second-order valence-electron chi connectivity index (χ2n) is 5.53. The molecule has 3 rings (SSSR count). The summed E-state index contributed by atoms with van der Waals surface area (Å²) in [5, 5.41) is 0. The van der Waals surface area contributed by atoms with Crippen LogP contribution in [0, 0.1) is 0 Å². The first-order chi connectivity index (χ1) is 12.7. The summed E-state index contributed by atoms with van der Waals surface area (Å²) < 4.78 is 5.51. The molecule has 6 heteroatoms. The minimum atomic E-state index is 0.548. The molecule has 132 valence electrons. The molecule has 0 fully saturated rings. The lowest BCUT2D eigenvalue weighted by atomic mass is 9.98. The molecular formula is C20H21N5O. The van der Waals surface area contributed by atoms with Gasteiger partial charge in [-0.25, -0.2) is 4.99 Å². The van der Waals surface area contributed by atoms with Gasteiger partial charge in [-0.05, 0) is 23.8 Å². The Morgan fingerprint density at radius 3 is 2.27 bits per heavy atom. The number of nitrogens with zero attached hydrogens (tertiary/aromatic N) is 1. The number of para-hydroxylation sites is 3. The Kier molecular flexibility index (Phi) is 5.48. The zero-order chi connectivity index (χ0) is 18.4. The molecule has 0 radical (unpaired) electrons. The summed E-state index contributed by atoms with van der Waals surface area (Å²) >= 11 is 0. The molecule has 3 aromatic carbocycles. The van der Waals surface area contributed by atoms with Gasteiger partial charge in [0.15, 0.2) is 0 Å². The Morgan fingerprint density at radius 1 is 0.885 bits per heavy atom. The molecule has 0 amide bonds. The van der Waals surface area contributed by atoms with Crippen molar-refractivity contribution in [3.05, 3.63) is 78.4 Å². The van der Waals surface area contributed by atoms with Crippen LogP contribution in [0.4, 0.5) is 11.4 Å². The van der Waals surface area contributed by atoms with Crippen molar-refractivity contribution in [3.8, 4) is 16.9 Å². The van der Waals surface area contributed by atoms with E-state index in [4.69, 9.17) is 16.3 Å². The number of hydrogen-bond acceptors (Lipinski definition) is 5. The van der Waals surface area contributed by atoms with Gasteiger partial charge in [-0.1, -0.05) is 54.6 Å². The molecular weight excluding hydrogens is 326 g/mol. The third-order valence-electron chi connectivity index (χ3n) is 3.94. The van der Waals surface area contributed by atoms with Gasteiger partial charge in [0.2, 0.25) is 0 Å². The maximum atomic E-state index is 6.03. The predicted octanol–water partition coefficient (Wildman–Crippen LogP) is 2.99. The molecule has 0 atom stereocenters. The van der Waals surface area contributed by atoms with Crippen molar-refractivity contribution >= 4 is 17.2 Å². The lowest BCUT2D eigenvalue weighted by Crippen LogP contribution is -2.42. The number of ether oxygens (including phenoxy) is 1. The maximum absolute atomic E-state index is 6.03. The van der Waals surface area contributed by atoms with Crippen LogP contribution in [-0.2, 0) is 0 Å². The zero-order valence-corrected chi connectivity index (χ0v) is 14.4. The van der Waals surface area contributed by atoms with E-state index >= 15 is 0 Å². The van der Waals surface area contributed by atoms with Gasteiger partial charge in [-0.15, -0.1) is 0 Å². The second-order valence-corrected chi connectivity index (χ2v) is 5.53. The Hall–Kier alpha value is -3.35. The minimum Gasteiger partial charge on any atom is -0.496 e. The molecule has 6 nitrogen and oxygen atoms in total. The highest BCUT2D eigenvalue weighted by molar-refractivity contribution is 6.06. The smallest absolute Gasteiger partial charge is 0.149 e. The topological polar surface area (TPSA) is 97.7 Å². The fourth-order valence-electron chi connectivity index (χ4n) is 2.73. The number of anilines is 1. The molecule has 0 spiro atoms. The average molecular weight is 347 g/mol. The minimum absolute atomic E-state index is 0.548. The Balaban J connectivity index is 2.17. The largest absolute Gasteiger partial charge is 0.496 e. The number of benzene rings is 3. The van der Waals surface area contributed by atoms with Gasteiger partial charge in [0, 0.05) is 11.1 Å². The van der Waals surface area contributed by atoms with Crippen LogP contribution in [0.3, 0.4) is 0 Å². The van der Waals surface area contributed by atoms with E-state index in [1.165, 1.54) is 0 Å². The number of hydrazine groups is 2. The molecule has 6 N–H and O–H groups in total. The SMILES string of the molecule is COc1ccccc1-c1ccccc1C(=Nc1ccccc1N)NNN. The molecule has 0 saturated carbocycles. The van der Waals surface area contributed by atoms with E-state index in [2.05, 4.69) is 16.0 Å². The summed E-state index contributed by atoms with van der Waals surface area (Å²) in [5.74, 6) is 6.83. The molecule has 0 saturated heterocycles. The van der Waals surface area contributed by atoms with Crippen LogP contribution >= 0.6 is 0 Å². The van der Waals surface area contributed by atoms with Gasteiger partial charge in [0.1, 0.15) is 11.6 Å². The van der Waals surface area contributed by atoms with Crippen molar-refractivity contribution in [1.82, 2.24) is 11.0 Å². The predicted molar refractivity (Wildman–Crippen MR) is 106 cm³/mol. The van der Waals surface area contributed by atoms with E-state index in [1.807, 2.05) is 66.7 Å². The molecule has 3 aromatic rings. The summed E-state index contributed by atoms with van der Waals surface area (Å²) in [6.07, 6.45) is 0. The van der Waals surface area contributed by atoms with Gasteiger partial charge in [0.25, 0.3) is 0 Å². The van der Waals surface area contributed by atoms with Crippen LogP contribution in [0.15, 0.2) is 77.8 Å². The van der Waals surface area contributed by atoms with Crippen LogP contribution < -0.4 is 27.3 Å². The van der Waals surface area contributed by atoms with Crippen LogP contribution in [0.5, 0.6) is 5.75 Å². The summed E-state index contributed by atoms with van der Waals surface area (Å²) in [7, 11) is 1.65. The fourth-order valence-corrected chi connectivity index (χ4v) is 2.73. The Morgan fingerprint density at radius 2 is 1.54 bits per heavy atom. The maximum Gasteiger partial charge on any atom is 0.149 e. The Labute approximate surface area is 152 Å². The molecule has 0 aliphatic rings. The van der Waals surface area contributed by atoms with Gasteiger partial charge >= 0.3 is 0 Å². The van der Waals surface area contributed by atoms with E-state index in [0.29, 0.717) is 17.2 Å². The van der Waals surface area contributed by atoms with E-state index in [-0.39, 0.29) is 0 Å². The van der Waals surface area contributed by atoms with Gasteiger partial charge in [-0.3, -0.25) is 11.3 Å². The lowest BCUT2D eigenvalue weighted by molar-refractivity contribution is 0.416. The third kappa shape index (κ3) is 3.66. The summed E-state index contributed by atoms with van der Waals surface area (Å²) in [6, 6.07) is 23.1. The number of nitrogens with one attached hydrogen (secondary N) is 2. The summed E-state index contributed by atoms with van der Waals surface area (Å²) in [5.41, 5.74) is 15.4. The van der Waals surface area contributed by atoms with E-state index in [9.17, 15) is 0 Å². The van der Waals surface area contributed by atoms with Gasteiger partial charge < -0.3 is 10.5 Å². The van der Waals surface area contributed by atoms with Gasteiger partial charge in [0.05, 0.1) is 18.5 Å². The van der Waals surface area contributed by atoms with Crippen molar-refractivity contribution in [1.29, 1.82) is 0 Å². The molecule has 0 aromatic heterocycles. The fraction of sp³-hybridized carbons (Fsp3) is 0.0500. The van der Waals surface area contributed by atoms with Crippen molar-refractivity contribution < 1.29 is 4.74 Å². The quantitative estimate of drug-likeness (QED) is 0.187. The highest BCUT2D eigenvalue weighted by atomic mass is 16.5. The number of methoxy groups -OCH3 is 1. The molecule has 0 aliphatic heterocycles. The van der Waals surface area contributed by atoms with E-state index < -0.39 is 0 Å². The van der Waals surface area contributed by atoms with Crippen molar-refractivity contribution in [3.63, 3.8) is 0 Å². The van der Waals surface area contributed by atoms with Crippen LogP contribution in [0.2, 0.25) is 0 Å². The van der Waals surface area contributed by atoms with E-state index in [0.717, 1.165) is 22.4 Å². The second kappa shape index (κ2) is 8.15. The van der Waals surface area contributed by atoms with Gasteiger partial charge in [-0.2, -0.15) is 5.53 Å². The number of rotatable bonds is 5. The van der Waals surface area contributed by atoms with Crippen molar-refractivity contribution in [2.24, 2.45) is 10.8 Å². The molecule has 0 bridgehead atoms. The monoisotopic (exact) mass is 347 g/mol. The number of hydrogen-bond donors (Lipinski definition) is 4. The third-order valence-corrected chi connectivity index (χ3v) is 3.94. The summed E-state index contributed by atoms with van der Waals surface area (Å²) in [6.45, 7) is 0. The first kappa shape index (κ1) is 17.5. The van der Waals surface area contributed by atoms with Crippen molar-refractivity contribution in [2.75, 3.05) is 12.8 Å². The number of nitrogens with two attached hydrogens (primary N) is 2. The van der Waals surface area contributed by atoms with E-state index in [1.54, 1.807) is 13.2 Å². The number of amidine groups is 1. The Bertz CT molecular complexity index is 923. The zero-order valence-electron chi connectivity index (χ0n) is 14.4. The molecule has 0 unspecified atom stereocenters. The molecule has 0 heterocycles. The normalized spacial score (nSPS) is 11.2. The first-order valence-corrected chi connectivity index (χ1v) is 8.12. The van der Waals surface area contributed by atoms with Crippen molar-refractivity contribution in [2.45, 2.75) is 0 Å². The standard InChI is InChI=1S/C20H21N5O/c1-26-19-13-7-4-9-15(19)14-8-2-3-10-16(14)20(24-25-22)23-18-12-6-5-11-17(18)21/h2-13,25H,21-22H2,1H3,(H,23,24). The van der Waals surface area contributed by atoms with Crippen LogP contribution in [0.1, 0.15) is 5.56 Å². The molecule has 26 heavy (non-hydrogen) atoms. The van der Waals surface area contributed by atoms with Crippen LogP contribution in [0.25, 0.3) is 11.1 Å². The molecule has 0 aliphatic carbocycles. The number of nitrogen functional groups attached to an aromatic ring is 1. The highest BCUT2D eigenvalue weighted by Gasteiger charge is 2.14. The highest BCUT2D eigenvalue weighted by Crippen LogP contribution is 2.33. The number of aliphatic imine (C=N–C) groups is 1. The first-order valence-electron chi connectivity index (χ1n) is 8.12. The average Bonchev–Trinajstić information content (AvgIpc) is 2.69. The van der Waals surface area contributed by atoms with Crippen LogP contribution in [-0.4, -0.2) is 12.9 Å². The summed E-state index contributed by atoms with van der Waals surface area (Å²) in [4.78, 5) is 4.66.